The van der Waals surface area contributed by atoms with E-state index >= 15 is 0 Å². The molecular formula is C24H20N4O3S2. The Morgan fingerprint density at radius 3 is 3.00 bits per heavy atom. The fourth-order valence-corrected chi connectivity index (χ4v) is 5.11. The van der Waals surface area contributed by atoms with Gasteiger partial charge in [-0.1, -0.05) is 24.3 Å². The number of aliphatic imine (C=N–C) groups is 1. The maximum atomic E-state index is 12.6. The monoisotopic (exact) mass is 476 g/mol. The minimum atomic E-state index is -0.430. The molecule has 33 heavy (non-hydrogen) atoms. The summed E-state index contributed by atoms with van der Waals surface area (Å²) in [7, 11) is 0. The van der Waals surface area contributed by atoms with Gasteiger partial charge in [0.05, 0.1) is 17.6 Å². The lowest BCUT2D eigenvalue weighted by atomic mass is 10.1. The van der Waals surface area contributed by atoms with Gasteiger partial charge >= 0.3 is 0 Å². The van der Waals surface area contributed by atoms with E-state index < -0.39 is 5.91 Å². The van der Waals surface area contributed by atoms with E-state index in [0.717, 1.165) is 34.8 Å². The minimum absolute atomic E-state index is 0.0226. The van der Waals surface area contributed by atoms with E-state index in [1.807, 2.05) is 55.5 Å². The number of rotatable bonds is 7. The molecule has 0 saturated carbocycles. The zero-order valence-electron chi connectivity index (χ0n) is 17.8. The van der Waals surface area contributed by atoms with Crippen molar-refractivity contribution in [3.05, 3.63) is 88.3 Å². The van der Waals surface area contributed by atoms with Crippen molar-refractivity contribution in [1.29, 1.82) is 5.41 Å². The summed E-state index contributed by atoms with van der Waals surface area (Å²) in [5, 5.41) is 15.4. The minimum Gasteiger partial charge on any atom is -0.486 e. The quantitative estimate of drug-likeness (QED) is 0.547. The summed E-state index contributed by atoms with van der Waals surface area (Å²) in [5.74, 6) is 2.05. The van der Waals surface area contributed by atoms with Gasteiger partial charge in [-0.2, -0.15) is 15.1 Å². The van der Waals surface area contributed by atoms with Gasteiger partial charge in [0.1, 0.15) is 23.2 Å². The van der Waals surface area contributed by atoms with Crippen molar-refractivity contribution in [1.82, 2.24) is 5.01 Å². The average Bonchev–Trinajstić information content (AvgIpc) is 3.56. The second-order valence-electron chi connectivity index (χ2n) is 7.45. The first kappa shape index (κ1) is 21.5. The molecule has 2 aliphatic heterocycles. The number of amides is 1. The number of hydrazone groups is 1. The molecule has 1 amide bonds. The number of hydrogen-bond acceptors (Lipinski definition) is 7. The highest BCUT2D eigenvalue weighted by Gasteiger charge is 2.36. The molecule has 0 radical (unpaired) electrons. The van der Waals surface area contributed by atoms with Crippen LogP contribution in [0, 0.1) is 12.3 Å². The van der Waals surface area contributed by atoms with Crippen LogP contribution in [-0.4, -0.2) is 33.6 Å². The van der Waals surface area contributed by atoms with Crippen LogP contribution in [0.5, 0.6) is 5.75 Å². The van der Waals surface area contributed by atoms with E-state index in [2.05, 4.69) is 10.1 Å². The van der Waals surface area contributed by atoms with E-state index in [1.165, 1.54) is 21.7 Å². The normalized spacial score (nSPS) is 18.8. The predicted octanol–water partition coefficient (Wildman–Crippen LogP) is 5.28. The molecule has 7 nitrogen and oxygen atoms in total. The van der Waals surface area contributed by atoms with Crippen molar-refractivity contribution in [2.75, 3.05) is 6.61 Å². The Morgan fingerprint density at radius 2 is 2.18 bits per heavy atom. The fourth-order valence-electron chi connectivity index (χ4n) is 3.40. The number of benzene rings is 1. The zero-order valence-corrected chi connectivity index (χ0v) is 19.4. The maximum absolute atomic E-state index is 12.6. The number of carbonyl (C=O) groups excluding carboxylic acids is 1. The first-order chi connectivity index (χ1) is 16.1. The molecule has 0 atom stereocenters. The molecule has 1 N–H and O–H groups in total. The van der Waals surface area contributed by atoms with Crippen LogP contribution in [0.4, 0.5) is 0 Å². The fraction of sp³-hybridized carbons (Fsp3) is 0.167. The summed E-state index contributed by atoms with van der Waals surface area (Å²) in [6.07, 6.45) is 8.25. The second kappa shape index (κ2) is 9.29. The van der Waals surface area contributed by atoms with E-state index in [-0.39, 0.29) is 18.0 Å². The molecule has 1 aliphatic carbocycles. The number of allylic oxidation sites excluding steroid dienone is 5. The molecule has 0 fully saturated rings. The molecule has 5 rings (SSSR count). The molecule has 2 aromatic rings. The highest BCUT2D eigenvalue weighted by atomic mass is 32.2. The van der Waals surface area contributed by atoms with Crippen LogP contribution in [0.2, 0.25) is 0 Å². The Balaban J connectivity index is 1.26. The third-order valence-corrected chi connectivity index (χ3v) is 7.06. The van der Waals surface area contributed by atoms with Crippen molar-refractivity contribution in [3.8, 4) is 5.75 Å². The van der Waals surface area contributed by atoms with Crippen molar-refractivity contribution in [2.45, 2.75) is 19.1 Å². The summed E-state index contributed by atoms with van der Waals surface area (Å²) < 4.78 is 11.2. The molecule has 3 heterocycles. The van der Waals surface area contributed by atoms with E-state index in [0.29, 0.717) is 10.2 Å². The van der Waals surface area contributed by atoms with Crippen molar-refractivity contribution in [3.63, 3.8) is 0 Å². The Kier molecular flexibility index (Phi) is 6.06. The standard InChI is InChI=1S/C24H20N4O3S2/c1-15-5-2-3-7-20(15)31-13-21-27-28-22(25)19(23(29)26-24(28)33-21)12-16-8-9-18(11-16)32-14-17-6-4-10-30-17/h2-8,10-12,25H,9,13-14H2,1H3/b19-12+,25-22?. The number of nitrogens with zero attached hydrogens (tertiary/aromatic N) is 3. The number of fused-ring (bicyclic) bond motifs is 1. The number of furan rings is 1. The number of ether oxygens (including phenoxy) is 1. The SMILES string of the molecule is Cc1ccccc1OCC1=NN2C(=N)/C(=C\C3=CCC(SCc4ccco4)=C3)C(=O)N=C2S1. The predicted molar refractivity (Wildman–Crippen MR) is 133 cm³/mol. The van der Waals surface area contributed by atoms with Crippen LogP contribution in [0.25, 0.3) is 0 Å². The van der Waals surface area contributed by atoms with E-state index in [9.17, 15) is 4.79 Å². The summed E-state index contributed by atoms with van der Waals surface area (Å²) >= 11 is 2.95. The number of aryl methyl sites for hydroxylation is 1. The first-order valence-corrected chi connectivity index (χ1v) is 12.1. The molecule has 1 aromatic carbocycles. The summed E-state index contributed by atoms with van der Waals surface area (Å²) in [5.41, 5.74) is 2.15. The van der Waals surface area contributed by atoms with Crippen LogP contribution in [0.15, 0.2) is 91.5 Å². The summed E-state index contributed by atoms with van der Waals surface area (Å²) in [4.78, 5) is 18.0. The summed E-state index contributed by atoms with van der Waals surface area (Å²) in [6.45, 7) is 2.22. The zero-order chi connectivity index (χ0) is 22.8. The van der Waals surface area contributed by atoms with Gasteiger partial charge in [0.2, 0.25) is 5.17 Å². The summed E-state index contributed by atoms with van der Waals surface area (Å²) in [6, 6.07) is 11.6. The molecule has 1 aromatic heterocycles. The van der Waals surface area contributed by atoms with Gasteiger partial charge in [0.25, 0.3) is 5.91 Å². The average molecular weight is 477 g/mol. The Labute approximate surface area is 199 Å². The Morgan fingerprint density at radius 1 is 1.30 bits per heavy atom. The molecular weight excluding hydrogens is 456 g/mol. The Bertz CT molecular complexity index is 1270. The van der Waals surface area contributed by atoms with Gasteiger partial charge in [-0.25, -0.2) is 0 Å². The molecule has 3 aliphatic rings. The first-order valence-electron chi connectivity index (χ1n) is 10.3. The number of nitrogens with one attached hydrogen (secondary N) is 1. The van der Waals surface area contributed by atoms with Crippen molar-refractivity contribution in [2.24, 2.45) is 10.1 Å². The number of carbonyl (C=O) groups is 1. The molecule has 9 heteroatoms. The second-order valence-corrected chi connectivity index (χ2v) is 9.60. The number of hydrogen-bond donors (Lipinski definition) is 1. The van der Waals surface area contributed by atoms with Crippen LogP contribution >= 0.6 is 23.5 Å². The molecule has 0 saturated heterocycles. The van der Waals surface area contributed by atoms with Crippen LogP contribution < -0.4 is 4.74 Å². The van der Waals surface area contributed by atoms with E-state index in [4.69, 9.17) is 14.6 Å². The number of amidine groups is 2. The maximum Gasteiger partial charge on any atom is 0.283 e. The topological polar surface area (TPSA) is 91.2 Å². The third-order valence-electron chi connectivity index (χ3n) is 5.10. The van der Waals surface area contributed by atoms with Gasteiger partial charge < -0.3 is 9.15 Å². The largest absolute Gasteiger partial charge is 0.486 e. The molecule has 166 valence electrons. The van der Waals surface area contributed by atoms with Gasteiger partial charge in [0.15, 0.2) is 5.84 Å². The molecule has 0 spiro atoms. The molecule has 0 unspecified atom stereocenters. The van der Waals surface area contributed by atoms with Gasteiger partial charge in [-0.05, 0) is 71.5 Å². The lowest BCUT2D eigenvalue weighted by Crippen LogP contribution is -2.35. The van der Waals surface area contributed by atoms with Gasteiger partial charge in [0, 0.05) is 0 Å². The Hall–Kier alpha value is -3.30. The van der Waals surface area contributed by atoms with Crippen molar-refractivity contribution >= 4 is 45.5 Å². The van der Waals surface area contributed by atoms with Crippen LogP contribution in [0.3, 0.4) is 0 Å². The van der Waals surface area contributed by atoms with E-state index in [1.54, 1.807) is 24.1 Å². The smallest absolute Gasteiger partial charge is 0.283 e. The highest BCUT2D eigenvalue weighted by Crippen LogP contribution is 2.33. The highest BCUT2D eigenvalue weighted by molar-refractivity contribution is 8.27. The number of para-hydroxylation sites is 1. The van der Waals surface area contributed by atoms with Crippen molar-refractivity contribution < 1.29 is 13.9 Å². The third kappa shape index (κ3) is 4.74. The number of thioether (sulfide) groups is 2. The lowest BCUT2D eigenvalue weighted by molar-refractivity contribution is -0.114. The van der Waals surface area contributed by atoms with Gasteiger partial charge in [-0.3, -0.25) is 10.2 Å². The van der Waals surface area contributed by atoms with Gasteiger partial charge in [-0.15, -0.1) is 11.8 Å². The molecule has 0 bridgehead atoms. The van der Waals surface area contributed by atoms with Crippen LogP contribution in [0.1, 0.15) is 17.7 Å². The lowest BCUT2D eigenvalue weighted by Gasteiger charge is -2.20. The van der Waals surface area contributed by atoms with Crippen LogP contribution in [-0.2, 0) is 10.5 Å².